The molecule has 1 aromatic carbocycles. The number of nitrogens with one attached hydrogen (secondary N) is 2. The first-order chi connectivity index (χ1) is 10.6. The highest BCUT2D eigenvalue weighted by Gasteiger charge is 2.56. The van der Waals surface area contributed by atoms with Gasteiger partial charge in [-0.25, -0.2) is 9.18 Å². The number of benzene rings is 1. The van der Waals surface area contributed by atoms with Crippen LogP contribution >= 0.6 is 15.9 Å². The maximum Gasteiger partial charge on any atom is 0.319 e. The summed E-state index contributed by atoms with van der Waals surface area (Å²) in [7, 11) is 0. The SMILES string of the molecule is O=C(Nc1ccncc1Br)NC1C2Cc3cc(F)ccc3C21. The van der Waals surface area contributed by atoms with E-state index in [1.807, 2.05) is 6.07 Å². The van der Waals surface area contributed by atoms with Crippen molar-refractivity contribution in [2.45, 2.75) is 18.4 Å². The number of pyridine rings is 1. The lowest BCUT2D eigenvalue weighted by Crippen LogP contribution is -2.33. The monoisotopic (exact) mass is 361 g/mol. The lowest BCUT2D eigenvalue weighted by molar-refractivity contribution is 0.251. The Labute approximate surface area is 135 Å². The molecule has 1 saturated carbocycles. The van der Waals surface area contributed by atoms with E-state index in [1.54, 1.807) is 24.5 Å². The van der Waals surface area contributed by atoms with Crippen molar-refractivity contribution in [2.75, 3.05) is 5.32 Å². The minimum absolute atomic E-state index is 0.138. The van der Waals surface area contributed by atoms with Crippen LogP contribution in [0.25, 0.3) is 0 Å². The smallest absolute Gasteiger partial charge is 0.319 e. The van der Waals surface area contributed by atoms with Crippen molar-refractivity contribution in [3.8, 4) is 0 Å². The number of carbonyl (C=O) groups is 1. The molecule has 2 N–H and O–H groups in total. The predicted molar refractivity (Wildman–Crippen MR) is 84.2 cm³/mol. The number of nitrogens with zero attached hydrogens (tertiary/aromatic N) is 1. The van der Waals surface area contributed by atoms with Crippen molar-refractivity contribution in [3.05, 3.63) is 58.1 Å². The summed E-state index contributed by atoms with van der Waals surface area (Å²) in [6.07, 6.45) is 4.09. The molecule has 6 heteroatoms. The first-order valence-electron chi connectivity index (χ1n) is 7.09. The van der Waals surface area contributed by atoms with E-state index in [4.69, 9.17) is 0 Å². The molecule has 1 aromatic heterocycles. The Kier molecular flexibility index (Phi) is 3.14. The number of hydrogen-bond acceptors (Lipinski definition) is 2. The minimum Gasteiger partial charge on any atom is -0.334 e. The Bertz CT molecular complexity index is 767. The van der Waals surface area contributed by atoms with Gasteiger partial charge in [-0.1, -0.05) is 6.07 Å². The van der Waals surface area contributed by atoms with Crippen LogP contribution in [0.1, 0.15) is 17.0 Å². The third-order valence-corrected chi connectivity index (χ3v) is 5.04. The normalized spacial score (nSPS) is 24.4. The van der Waals surface area contributed by atoms with Gasteiger partial charge in [-0.2, -0.15) is 0 Å². The Morgan fingerprint density at radius 1 is 1.36 bits per heavy atom. The third kappa shape index (κ3) is 2.27. The molecule has 22 heavy (non-hydrogen) atoms. The van der Waals surface area contributed by atoms with Gasteiger partial charge in [-0.05, 0) is 57.6 Å². The van der Waals surface area contributed by atoms with Gasteiger partial charge in [-0.15, -0.1) is 0 Å². The fourth-order valence-corrected chi connectivity index (χ4v) is 3.71. The number of anilines is 1. The molecule has 2 aliphatic carbocycles. The molecule has 3 atom stereocenters. The zero-order valence-electron chi connectivity index (χ0n) is 11.5. The molecular weight excluding hydrogens is 349 g/mol. The number of hydrogen-bond donors (Lipinski definition) is 2. The van der Waals surface area contributed by atoms with Crippen molar-refractivity contribution in [1.29, 1.82) is 0 Å². The standard InChI is InChI=1S/C16H13BrFN3O/c17-12-7-19-4-3-13(12)20-16(22)21-15-11-6-8-5-9(18)1-2-10(8)14(11)15/h1-5,7,11,14-15H,6H2,(H2,19,20,21,22). The van der Waals surface area contributed by atoms with Crippen LogP contribution in [0.5, 0.6) is 0 Å². The summed E-state index contributed by atoms with van der Waals surface area (Å²) >= 11 is 3.34. The van der Waals surface area contributed by atoms with E-state index in [0.29, 0.717) is 17.5 Å². The first-order valence-corrected chi connectivity index (χ1v) is 7.88. The number of amides is 2. The topological polar surface area (TPSA) is 54.0 Å². The maximum absolute atomic E-state index is 13.2. The molecule has 0 radical (unpaired) electrons. The molecule has 2 aromatic rings. The number of aromatic nitrogens is 1. The van der Waals surface area contributed by atoms with Gasteiger partial charge in [0.15, 0.2) is 0 Å². The molecule has 112 valence electrons. The number of rotatable bonds is 2. The van der Waals surface area contributed by atoms with Crippen LogP contribution in [0.15, 0.2) is 41.1 Å². The van der Waals surface area contributed by atoms with Gasteiger partial charge in [0.05, 0.1) is 10.2 Å². The van der Waals surface area contributed by atoms with E-state index in [0.717, 1.165) is 16.5 Å². The quantitative estimate of drug-likeness (QED) is 0.860. The van der Waals surface area contributed by atoms with E-state index in [1.165, 1.54) is 11.6 Å². The lowest BCUT2D eigenvalue weighted by Gasteiger charge is -2.11. The van der Waals surface area contributed by atoms with Crippen LogP contribution in [-0.4, -0.2) is 17.1 Å². The highest BCUT2D eigenvalue weighted by Crippen LogP contribution is 2.56. The first kappa shape index (κ1) is 13.7. The highest BCUT2D eigenvalue weighted by atomic mass is 79.9. The summed E-state index contributed by atoms with van der Waals surface area (Å²) < 4.78 is 13.9. The predicted octanol–water partition coefficient (Wildman–Crippen LogP) is 3.44. The van der Waals surface area contributed by atoms with Crippen molar-refractivity contribution < 1.29 is 9.18 Å². The van der Waals surface area contributed by atoms with Gasteiger partial charge in [0.25, 0.3) is 0 Å². The van der Waals surface area contributed by atoms with Crippen LogP contribution in [0.2, 0.25) is 0 Å². The van der Waals surface area contributed by atoms with Crippen LogP contribution in [0.4, 0.5) is 14.9 Å². The number of fused-ring (bicyclic) bond motifs is 3. The summed E-state index contributed by atoms with van der Waals surface area (Å²) in [5.41, 5.74) is 2.92. The molecule has 1 fully saturated rings. The molecule has 0 aliphatic heterocycles. The third-order valence-electron chi connectivity index (χ3n) is 4.41. The molecule has 4 nitrogen and oxygen atoms in total. The van der Waals surface area contributed by atoms with Crippen molar-refractivity contribution in [2.24, 2.45) is 5.92 Å². The zero-order valence-corrected chi connectivity index (χ0v) is 13.1. The molecule has 2 aliphatic rings. The Balaban J connectivity index is 1.41. The summed E-state index contributed by atoms with van der Waals surface area (Å²) in [5, 5.41) is 5.81. The Morgan fingerprint density at radius 3 is 3.05 bits per heavy atom. The molecule has 0 spiro atoms. The highest BCUT2D eigenvalue weighted by molar-refractivity contribution is 9.10. The second-order valence-electron chi connectivity index (χ2n) is 5.72. The van der Waals surface area contributed by atoms with Gasteiger partial charge in [-0.3, -0.25) is 4.98 Å². The largest absolute Gasteiger partial charge is 0.334 e. The summed E-state index contributed by atoms with van der Waals surface area (Å²) in [4.78, 5) is 16.0. The molecule has 4 rings (SSSR count). The molecule has 1 heterocycles. The fraction of sp³-hybridized carbons (Fsp3) is 0.250. The van der Waals surface area contributed by atoms with Crippen molar-refractivity contribution in [1.82, 2.24) is 10.3 Å². The van der Waals surface area contributed by atoms with E-state index >= 15 is 0 Å². The van der Waals surface area contributed by atoms with Crippen LogP contribution in [-0.2, 0) is 6.42 Å². The summed E-state index contributed by atoms with van der Waals surface area (Å²) in [6, 6.07) is 6.58. The van der Waals surface area contributed by atoms with E-state index in [2.05, 4.69) is 31.5 Å². The van der Waals surface area contributed by atoms with Crippen molar-refractivity contribution in [3.63, 3.8) is 0 Å². The Morgan fingerprint density at radius 2 is 2.23 bits per heavy atom. The van der Waals surface area contributed by atoms with Crippen LogP contribution < -0.4 is 10.6 Å². The van der Waals surface area contributed by atoms with Gasteiger partial charge < -0.3 is 10.6 Å². The van der Waals surface area contributed by atoms with Gasteiger partial charge in [0.1, 0.15) is 5.82 Å². The average Bonchev–Trinajstić information content (AvgIpc) is 3.00. The second-order valence-corrected chi connectivity index (χ2v) is 6.57. The van der Waals surface area contributed by atoms with Gasteiger partial charge in [0.2, 0.25) is 0 Å². The summed E-state index contributed by atoms with van der Waals surface area (Å²) in [5.74, 6) is 0.524. The number of carbonyl (C=O) groups excluding carboxylic acids is 1. The second kappa shape index (κ2) is 5.05. The van der Waals surface area contributed by atoms with Crippen LogP contribution in [0, 0.1) is 11.7 Å². The molecular formula is C16H13BrFN3O. The zero-order chi connectivity index (χ0) is 15.3. The number of urea groups is 1. The molecule has 2 amide bonds. The summed E-state index contributed by atoms with van der Waals surface area (Å²) in [6.45, 7) is 0. The maximum atomic E-state index is 13.2. The van der Waals surface area contributed by atoms with Crippen molar-refractivity contribution >= 4 is 27.6 Å². The lowest BCUT2D eigenvalue weighted by atomic mass is 10.0. The van der Waals surface area contributed by atoms with E-state index < -0.39 is 0 Å². The minimum atomic E-state index is -0.227. The Hall–Kier alpha value is -1.95. The average molecular weight is 362 g/mol. The fourth-order valence-electron chi connectivity index (χ4n) is 3.37. The molecule has 0 saturated heterocycles. The van der Waals surface area contributed by atoms with E-state index in [-0.39, 0.29) is 17.9 Å². The van der Waals surface area contributed by atoms with Gasteiger partial charge >= 0.3 is 6.03 Å². The van der Waals surface area contributed by atoms with Crippen LogP contribution in [0.3, 0.4) is 0 Å². The van der Waals surface area contributed by atoms with Gasteiger partial charge in [0, 0.05) is 24.4 Å². The number of halogens is 2. The molecule has 0 bridgehead atoms. The molecule has 3 unspecified atom stereocenters. The van der Waals surface area contributed by atoms with E-state index in [9.17, 15) is 9.18 Å².